The summed E-state index contributed by atoms with van der Waals surface area (Å²) in [6.07, 6.45) is 4.18. The highest BCUT2D eigenvalue weighted by Gasteiger charge is 2.61. The average molecular weight is 362 g/mol. The SMILES string of the molecule is CC1CN(CC(O)COC2CC3CCC2(C)C3(C)C)CC(C)O1.Cl. The van der Waals surface area contributed by atoms with Gasteiger partial charge in [0.1, 0.15) is 0 Å². The first-order chi connectivity index (χ1) is 10.7. The lowest BCUT2D eigenvalue weighted by molar-refractivity contribution is -0.0996. The van der Waals surface area contributed by atoms with Gasteiger partial charge in [-0.3, -0.25) is 4.90 Å². The molecule has 3 aliphatic rings. The number of hydrogen-bond acceptors (Lipinski definition) is 4. The van der Waals surface area contributed by atoms with E-state index in [1.54, 1.807) is 0 Å². The Hall–Kier alpha value is 0.130. The molecule has 6 atom stereocenters. The van der Waals surface area contributed by atoms with Crippen LogP contribution < -0.4 is 0 Å². The highest BCUT2D eigenvalue weighted by Crippen LogP contribution is 2.66. The molecule has 0 aromatic heterocycles. The number of aliphatic hydroxyl groups is 1. The highest BCUT2D eigenvalue weighted by molar-refractivity contribution is 5.85. The van der Waals surface area contributed by atoms with Gasteiger partial charge in [-0.2, -0.15) is 0 Å². The highest BCUT2D eigenvalue weighted by atomic mass is 35.5. The number of β-amino-alcohol motifs (C(OH)–C–C–N with tert-alkyl or cyclic N) is 1. The van der Waals surface area contributed by atoms with Crippen LogP contribution in [-0.4, -0.2) is 60.7 Å². The van der Waals surface area contributed by atoms with Gasteiger partial charge in [-0.05, 0) is 49.9 Å². The lowest BCUT2D eigenvalue weighted by Gasteiger charge is -2.39. The Morgan fingerprint density at radius 3 is 2.33 bits per heavy atom. The summed E-state index contributed by atoms with van der Waals surface area (Å²) in [4.78, 5) is 2.30. The first-order valence-corrected chi connectivity index (χ1v) is 9.40. The second kappa shape index (κ2) is 7.40. The zero-order valence-electron chi connectivity index (χ0n) is 16.0. The first kappa shape index (κ1) is 20.4. The van der Waals surface area contributed by atoms with E-state index in [0.717, 1.165) is 19.0 Å². The molecule has 1 aliphatic heterocycles. The van der Waals surface area contributed by atoms with Crippen LogP contribution in [0, 0.1) is 16.7 Å². The Morgan fingerprint density at radius 2 is 1.83 bits per heavy atom. The standard InChI is InChI=1S/C19H35NO3.ClH/c1-13-9-20(10-14(2)23-13)11-16(21)12-22-17-8-15-6-7-19(17,5)18(15,3)4;/h13-17,21H,6-12H2,1-5H3;1H. The van der Waals surface area contributed by atoms with Crippen molar-refractivity contribution in [2.45, 2.75) is 78.3 Å². The largest absolute Gasteiger partial charge is 0.389 e. The summed E-state index contributed by atoms with van der Waals surface area (Å²) in [6, 6.07) is 0. The van der Waals surface area contributed by atoms with Crippen LogP contribution in [0.15, 0.2) is 0 Å². The lowest BCUT2D eigenvalue weighted by atomic mass is 9.70. The summed E-state index contributed by atoms with van der Waals surface area (Å²) in [6.45, 7) is 14.4. The monoisotopic (exact) mass is 361 g/mol. The quantitative estimate of drug-likeness (QED) is 0.817. The number of hydrogen-bond donors (Lipinski definition) is 1. The van der Waals surface area contributed by atoms with Crippen molar-refractivity contribution in [2.75, 3.05) is 26.2 Å². The van der Waals surface area contributed by atoms with E-state index in [-0.39, 0.29) is 30.0 Å². The van der Waals surface area contributed by atoms with Crippen molar-refractivity contribution in [3.05, 3.63) is 0 Å². The topological polar surface area (TPSA) is 41.9 Å². The Bertz CT molecular complexity index is 423. The second-order valence-corrected chi connectivity index (χ2v) is 9.06. The van der Waals surface area contributed by atoms with E-state index in [4.69, 9.17) is 9.47 Å². The van der Waals surface area contributed by atoms with Crippen molar-refractivity contribution in [1.29, 1.82) is 0 Å². The summed E-state index contributed by atoms with van der Waals surface area (Å²) in [7, 11) is 0. The average Bonchev–Trinajstić information content (AvgIpc) is 2.76. The molecule has 3 fully saturated rings. The molecule has 0 radical (unpaired) electrons. The van der Waals surface area contributed by atoms with Gasteiger partial charge in [0.2, 0.25) is 0 Å². The maximum Gasteiger partial charge on any atom is 0.0900 e. The number of nitrogens with zero attached hydrogens (tertiary/aromatic N) is 1. The molecule has 2 aliphatic carbocycles. The maximum atomic E-state index is 10.4. The minimum Gasteiger partial charge on any atom is -0.389 e. The van der Waals surface area contributed by atoms with Crippen molar-refractivity contribution >= 4 is 12.4 Å². The summed E-state index contributed by atoms with van der Waals surface area (Å²) >= 11 is 0. The Labute approximate surface area is 153 Å². The zero-order chi connectivity index (χ0) is 16.8. The number of fused-ring (bicyclic) bond motifs is 2. The van der Waals surface area contributed by atoms with Crippen molar-refractivity contribution in [3.8, 4) is 0 Å². The molecule has 1 saturated heterocycles. The van der Waals surface area contributed by atoms with Gasteiger partial charge in [0.05, 0.1) is 31.0 Å². The third-order valence-electron chi connectivity index (χ3n) is 7.17. The van der Waals surface area contributed by atoms with Gasteiger partial charge in [0, 0.05) is 19.6 Å². The van der Waals surface area contributed by atoms with Crippen molar-refractivity contribution in [3.63, 3.8) is 0 Å². The molecule has 3 rings (SSSR count). The first-order valence-electron chi connectivity index (χ1n) is 9.40. The fraction of sp³-hybridized carbons (Fsp3) is 1.00. The molecule has 1 heterocycles. The maximum absolute atomic E-state index is 10.4. The number of ether oxygens (including phenoxy) is 2. The van der Waals surface area contributed by atoms with E-state index in [0.29, 0.717) is 24.7 Å². The van der Waals surface area contributed by atoms with Gasteiger partial charge in [-0.15, -0.1) is 12.4 Å². The lowest BCUT2D eigenvalue weighted by Crippen LogP contribution is -2.49. The smallest absolute Gasteiger partial charge is 0.0900 e. The normalized spacial score (nSPS) is 42.8. The molecule has 6 unspecified atom stereocenters. The number of morpholine rings is 1. The summed E-state index contributed by atoms with van der Waals surface area (Å²) in [5.74, 6) is 0.788. The Balaban J connectivity index is 0.00000208. The minimum atomic E-state index is -0.404. The van der Waals surface area contributed by atoms with Crippen LogP contribution in [0.3, 0.4) is 0 Å². The van der Waals surface area contributed by atoms with Gasteiger partial charge in [0.15, 0.2) is 0 Å². The van der Waals surface area contributed by atoms with Crippen molar-refractivity contribution in [1.82, 2.24) is 4.90 Å². The van der Waals surface area contributed by atoms with Crippen LogP contribution in [0.2, 0.25) is 0 Å². The van der Waals surface area contributed by atoms with Crippen LogP contribution in [0.1, 0.15) is 53.9 Å². The van der Waals surface area contributed by atoms with E-state index in [1.807, 2.05) is 0 Å². The molecular formula is C19H36ClNO3. The number of rotatable bonds is 5. The fourth-order valence-corrected chi connectivity index (χ4v) is 5.39. The third kappa shape index (κ3) is 3.64. The van der Waals surface area contributed by atoms with Crippen LogP contribution >= 0.6 is 12.4 Å². The zero-order valence-corrected chi connectivity index (χ0v) is 16.8. The predicted molar refractivity (Wildman–Crippen MR) is 98.7 cm³/mol. The van der Waals surface area contributed by atoms with Crippen LogP contribution in [-0.2, 0) is 9.47 Å². The van der Waals surface area contributed by atoms with E-state index in [1.165, 1.54) is 19.3 Å². The van der Waals surface area contributed by atoms with Gasteiger partial charge in [-0.1, -0.05) is 20.8 Å². The fourth-order valence-electron chi connectivity index (χ4n) is 5.39. The number of aliphatic hydroxyl groups excluding tert-OH is 1. The Morgan fingerprint density at radius 1 is 1.21 bits per heavy atom. The Kier molecular flexibility index (Phi) is 6.30. The molecule has 0 aromatic rings. The molecule has 0 spiro atoms. The van der Waals surface area contributed by atoms with Crippen LogP contribution in [0.5, 0.6) is 0 Å². The molecule has 2 saturated carbocycles. The van der Waals surface area contributed by atoms with E-state index < -0.39 is 6.10 Å². The molecule has 24 heavy (non-hydrogen) atoms. The molecule has 142 valence electrons. The van der Waals surface area contributed by atoms with E-state index in [2.05, 4.69) is 39.5 Å². The van der Waals surface area contributed by atoms with Gasteiger partial charge in [0.25, 0.3) is 0 Å². The molecule has 2 bridgehead atoms. The second-order valence-electron chi connectivity index (χ2n) is 9.06. The molecule has 0 amide bonds. The van der Waals surface area contributed by atoms with Crippen LogP contribution in [0.4, 0.5) is 0 Å². The summed E-state index contributed by atoms with van der Waals surface area (Å²) < 4.78 is 12.0. The molecular weight excluding hydrogens is 326 g/mol. The summed E-state index contributed by atoms with van der Waals surface area (Å²) in [5, 5.41) is 10.4. The van der Waals surface area contributed by atoms with Gasteiger partial charge >= 0.3 is 0 Å². The van der Waals surface area contributed by atoms with E-state index in [9.17, 15) is 5.11 Å². The van der Waals surface area contributed by atoms with Crippen LogP contribution in [0.25, 0.3) is 0 Å². The van der Waals surface area contributed by atoms with Gasteiger partial charge in [-0.25, -0.2) is 0 Å². The number of halogens is 1. The third-order valence-corrected chi connectivity index (χ3v) is 7.17. The predicted octanol–water partition coefficient (Wildman–Crippen LogP) is 3.11. The van der Waals surface area contributed by atoms with Gasteiger partial charge < -0.3 is 14.6 Å². The molecule has 1 N–H and O–H groups in total. The van der Waals surface area contributed by atoms with E-state index >= 15 is 0 Å². The minimum absolute atomic E-state index is 0. The van der Waals surface area contributed by atoms with Crippen molar-refractivity contribution in [2.24, 2.45) is 16.7 Å². The molecule has 4 nitrogen and oxygen atoms in total. The van der Waals surface area contributed by atoms with Crippen molar-refractivity contribution < 1.29 is 14.6 Å². The molecule has 5 heteroatoms. The molecule has 0 aromatic carbocycles. The summed E-state index contributed by atoms with van der Waals surface area (Å²) in [5.41, 5.74) is 0.650.